The Labute approximate surface area is 147 Å². The summed E-state index contributed by atoms with van der Waals surface area (Å²) in [7, 11) is 2.02. The van der Waals surface area contributed by atoms with Gasteiger partial charge in [0.1, 0.15) is 18.0 Å². The number of nitrogens with zero attached hydrogens (tertiary/aromatic N) is 7. The van der Waals surface area contributed by atoms with Crippen LogP contribution in [-0.2, 0) is 13.5 Å². The number of anilines is 1. The van der Waals surface area contributed by atoms with Crippen molar-refractivity contribution >= 4 is 11.5 Å². The highest BCUT2D eigenvalue weighted by Gasteiger charge is 2.27. The molecule has 1 aliphatic heterocycles. The van der Waals surface area contributed by atoms with Crippen LogP contribution in [-0.4, -0.2) is 42.5 Å². The van der Waals surface area contributed by atoms with Gasteiger partial charge < -0.3 is 9.47 Å². The SMILES string of the molecule is CCc1cc(N2CCC[C@H](c3nncn3C)C2)n2nc(C)c(C)c2n1. The zero-order valence-corrected chi connectivity index (χ0v) is 15.4. The van der Waals surface area contributed by atoms with Crippen molar-refractivity contribution in [3.8, 4) is 0 Å². The molecule has 7 heteroatoms. The Hall–Kier alpha value is -2.44. The van der Waals surface area contributed by atoms with E-state index in [-0.39, 0.29) is 0 Å². The topological polar surface area (TPSA) is 64.1 Å². The lowest BCUT2D eigenvalue weighted by Gasteiger charge is -2.34. The van der Waals surface area contributed by atoms with E-state index >= 15 is 0 Å². The average Bonchev–Trinajstić information content (AvgIpc) is 3.18. The van der Waals surface area contributed by atoms with Crippen LogP contribution in [0.5, 0.6) is 0 Å². The van der Waals surface area contributed by atoms with E-state index in [0.29, 0.717) is 5.92 Å². The number of aromatic nitrogens is 6. The van der Waals surface area contributed by atoms with Crippen molar-refractivity contribution in [3.63, 3.8) is 0 Å². The Morgan fingerprint density at radius 2 is 2.12 bits per heavy atom. The van der Waals surface area contributed by atoms with Crippen molar-refractivity contribution in [2.24, 2.45) is 7.05 Å². The summed E-state index contributed by atoms with van der Waals surface area (Å²) in [6.07, 6.45) is 5.00. The first kappa shape index (κ1) is 16.1. The molecule has 1 atom stereocenters. The third-order valence-electron chi connectivity index (χ3n) is 5.31. The first-order valence-corrected chi connectivity index (χ1v) is 9.03. The molecule has 3 aromatic heterocycles. The smallest absolute Gasteiger partial charge is 0.160 e. The van der Waals surface area contributed by atoms with Crippen LogP contribution < -0.4 is 4.90 Å². The Morgan fingerprint density at radius 3 is 2.84 bits per heavy atom. The van der Waals surface area contributed by atoms with Crippen LogP contribution in [0.15, 0.2) is 12.4 Å². The number of fused-ring (bicyclic) bond motifs is 1. The van der Waals surface area contributed by atoms with Gasteiger partial charge in [0.2, 0.25) is 0 Å². The summed E-state index contributed by atoms with van der Waals surface area (Å²) in [5.41, 5.74) is 4.31. The van der Waals surface area contributed by atoms with Crippen LogP contribution >= 0.6 is 0 Å². The second-order valence-corrected chi connectivity index (χ2v) is 6.99. The quantitative estimate of drug-likeness (QED) is 0.733. The summed E-state index contributed by atoms with van der Waals surface area (Å²) in [6, 6.07) is 2.19. The summed E-state index contributed by atoms with van der Waals surface area (Å²) >= 11 is 0. The van der Waals surface area contributed by atoms with Gasteiger partial charge in [0.15, 0.2) is 5.65 Å². The van der Waals surface area contributed by atoms with Crippen LogP contribution in [0.4, 0.5) is 5.82 Å². The van der Waals surface area contributed by atoms with E-state index in [0.717, 1.165) is 61.0 Å². The van der Waals surface area contributed by atoms with Crippen molar-refractivity contribution in [1.29, 1.82) is 0 Å². The fourth-order valence-electron chi connectivity index (χ4n) is 3.73. The summed E-state index contributed by atoms with van der Waals surface area (Å²) in [5, 5.41) is 13.1. The minimum Gasteiger partial charge on any atom is -0.356 e. The largest absolute Gasteiger partial charge is 0.356 e. The van der Waals surface area contributed by atoms with Crippen molar-refractivity contribution in [1.82, 2.24) is 29.4 Å². The lowest BCUT2D eigenvalue weighted by Crippen LogP contribution is -2.36. The molecule has 0 spiro atoms. The second kappa shape index (κ2) is 6.13. The van der Waals surface area contributed by atoms with E-state index in [9.17, 15) is 0 Å². The molecule has 0 aliphatic carbocycles. The predicted molar refractivity (Wildman–Crippen MR) is 97.0 cm³/mol. The fourth-order valence-corrected chi connectivity index (χ4v) is 3.73. The molecule has 0 unspecified atom stereocenters. The summed E-state index contributed by atoms with van der Waals surface area (Å²) in [4.78, 5) is 7.23. The minimum absolute atomic E-state index is 0.396. The highest BCUT2D eigenvalue weighted by Crippen LogP contribution is 2.30. The van der Waals surface area contributed by atoms with E-state index < -0.39 is 0 Å². The molecule has 7 nitrogen and oxygen atoms in total. The zero-order valence-electron chi connectivity index (χ0n) is 15.4. The molecular formula is C18H25N7. The van der Waals surface area contributed by atoms with E-state index in [4.69, 9.17) is 10.1 Å². The molecule has 1 fully saturated rings. The molecule has 25 heavy (non-hydrogen) atoms. The molecular weight excluding hydrogens is 314 g/mol. The Bertz CT molecular complexity index is 908. The van der Waals surface area contributed by atoms with Crippen LogP contribution in [0.2, 0.25) is 0 Å². The summed E-state index contributed by atoms with van der Waals surface area (Å²) in [5.74, 6) is 2.61. The molecule has 3 aromatic rings. The third kappa shape index (κ3) is 2.67. The Morgan fingerprint density at radius 1 is 1.28 bits per heavy atom. The van der Waals surface area contributed by atoms with Crippen molar-refractivity contribution < 1.29 is 0 Å². The van der Waals surface area contributed by atoms with Crippen LogP contribution in [0.25, 0.3) is 5.65 Å². The van der Waals surface area contributed by atoms with Gasteiger partial charge in [0.25, 0.3) is 0 Å². The molecule has 0 aromatic carbocycles. The molecule has 0 amide bonds. The highest BCUT2D eigenvalue weighted by atomic mass is 15.4. The first-order chi connectivity index (χ1) is 12.1. The maximum atomic E-state index is 4.80. The van der Waals surface area contributed by atoms with Crippen molar-refractivity contribution in [3.05, 3.63) is 35.2 Å². The van der Waals surface area contributed by atoms with E-state index in [1.165, 1.54) is 5.56 Å². The number of aryl methyl sites for hydroxylation is 4. The number of hydrogen-bond donors (Lipinski definition) is 0. The number of hydrogen-bond acceptors (Lipinski definition) is 5. The van der Waals surface area contributed by atoms with Gasteiger partial charge in [-0.3, -0.25) is 0 Å². The molecule has 1 saturated heterocycles. The molecule has 0 bridgehead atoms. The van der Waals surface area contributed by atoms with Gasteiger partial charge in [-0.05, 0) is 33.1 Å². The predicted octanol–water partition coefficient (Wildman–Crippen LogP) is 2.42. The molecule has 0 N–H and O–H groups in total. The third-order valence-corrected chi connectivity index (χ3v) is 5.31. The van der Waals surface area contributed by atoms with Gasteiger partial charge in [0.05, 0.1) is 5.69 Å². The van der Waals surface area contributed by atoms with E-state index in [1.807, 2.05) is 16.1 Å². The van der Waals surface area contributed by atoms with Crippen LogP contribution in [0.3, 0.4) is 0 Å². The number of piperidine rings is 1. The molecule has 0 saturated carbocycles. The normalized spacial score (nSPS) is 18.2. The molecule has 0 radical (unpaired) electrons. The summed E-state index contributed by atoms with van der Waals surface area (Å²) in [6.45, 7) is 8.28. The molecule has 4 rings (SSSR count). The van der Waals surface area contributed by atoms with Gasteiger partial charge in [-0.1, -0.05) is 6.92 Å². The van der Waals surface area contributed by atoms with E-state index in [1.54, 1.807) is 6.33 Å². The molecule has 4 heterocycles. The van der Waals surface area contributed by atoms with Crippen LogP contribution in [0.1, 0.15) is 48.5 Å². The van der Waals surface area contributed by atoms with E-state index in [2.05, 4.69) is 41.9 Å². The van der Waals surface area contributed by atoms with Gasteiger partial charge in [-0.15, -0.1) is 10.2 Å². The fraction of sp³-hybridized carbons (Fsp3) is 0.556. The number of rotatable bonds is 3. The summed E-state index contributed by atoms with van der Waals surface area (Å²) < 4.78 is 4.05. The van der Waals surface area contributed by atoms with Crippen molar-refractivity contribution in [2.75, 3.05) is 18.0 Å². The minimum atomic E-state index is 0.396. The molecule has 132 valence electrons. The average molecular weight is 339 g/mol. The van der Waals surface area contributed by atoms with Gasteiger partial charge in [-0.25, -0.2) is 4.98 Å². The molecule has 1 aliphatic rings. The van der Waals surface area contributed by atoms with Crippen molar-refractivity contribution in [2.45, 2.75) is 46.0 Å². The second-order valence-electron chi connectivity index (χ2n) is 6.99. The van der Waals surface area contributed by atoms with Crippen LogP contribution in [0, 0.1) is 13.8 Å². The lowest BCUT2D eigenvalue weighted by atomic mass is 9.97. The standard InChI is InChI=1S/C18H25N7/c1-5-15-9-16(25-17(20-15)12(2)13(3)22-25)24-8-6-7-14(10-24)18-21-19-11-23(18)4/h9,11,14H,5-8,10H2,1-4H3/t14-/m0/s1. The highest BCUT2D eigenvalue weighted by molar-refractivity contribution is 5.57. The Kier molecular flexibility index (Phi) is 3.94. The first-order valence-electron chi connectivity index (χ1n) is 9.03. The maximum absolute atomic E-state index is 4.80. The monoisotopic (exact) mass is 339 g/mol. The van der Waals surface area contributed by atoms with Gasteiger partial charge in [0, 0.05) is 43.4 Å². The Balaban J connectivity index is 1.75. The zero-order chi connectivity index (χ0) is 17.6. The van der Waals surface area contributed by atoms with Gasteiger partial charge >= 0.3 is 0 Å². The lowest BCUT2D eigenvalue weighted by molar-refractivity contribution is 0.475. The van der Waals surface area contributed by atoms with Gasteiger partial charge in [-0.2, -0.15) is 9.61 Å². The maximum Gasteiger partial charge on any atom is 0.160 e.